The lowest BCUT2D eigenvalue weighted by molar-refractivity contribution is -0.122. The monoisotopic (exact) mass is 142 g/mol. The second-order valence-electron chi connectivity index (χ2n) is 2.79. The molecule has 3 heteroatoms. The van der Waals surface area contributed by atoms with Gasteiger partial charge in [0.15, 0.2) is 0 Å². The van der Waals surface area contributed by atoms with E-state index >= 15 is 0 Å². The van der Waals surface area contributed by atoms with Crippen LogP contribution in [0.25, 0.3) is 0 Å². The van der Waals surface area contributed by atoms with Crippen molar-refractivity contribution in [3.8, 4) is 0 Å². The van der Waals surface area contributed by atoms with Crippen molar-refractivity contribution in [3.05, 3.63) is 0 Å². The quantitative estimate of drug-likeness (QED) is 0.564. The van der Waals surface area contributed by atoms with Gasteiger partial charge in [0.1, 0.15) is 0 Å². The summed E-state index contributed by atoms with van der Waals surface area (Å²) in [5.74, 6) is 0.816. The summed E-state index contributed by atoms with van der Waals surface area (Å²) in [6, 6.07) is 0. The van der Waals surface area contributed by atoms with Crippen LogP contribution in [0.3, 0.4) is 0 Å². The third-order valence-electron chi connectivity index (χ3n) is 1.94. The molecule has 0 aromatic rings. The zero-order valence-electron chi connectivity index (χ0n) is 6.10. The van der Waals surface area contributed by atoms with Crippen molar-refractivity contribution in [1.82, 2.24) is 5.32 Å². The predicted molar refractivity (Wildman–Crippen MR) is 39.4 cm³/mol. The largest absolute Gasteiger partial charge is 0.356 e. The first-order valence-electron chi connectivity index (χ1n) is 3.79. The van der Waals surface area contributed by atoms with E-state index in [4.69, 9.17) is 5.73 Å². The van der Waals surface area contributed by atoms with Gasteiger partial charge in [-0.1, -0.05) is 0 Å². The summed E-state index contributed by atoms with van der Waals surface area (Å²) in [6.07, 6.45) is 2.74. The molecule has 0 aromatic heterocycles. The molecule has 0 radical (unpaired) electrons. The summed E-state index contributed by atoms with van der Waals surface area (Å²) in [5.41, 5.74) is 5.38. The third kappa shape index (κ3) is 1.99. The maximum absolute atomic E-state index is 10.7. The van der Waals surface area contributed by atoms with E-state index in [2.05, 4.69) is 5.32 Å². The average Bonchev–Trinajstić information content (AvgIpc) is 1.95. The Hall–Kier alpha value is -0.570. The summed E-state index contributed by atoms with van der Waals surface area (Å²) in [5, 5.41) is 2.82. The van der Waals surface area contributed by atoms with Crippen LogP contribution in [0.15, 0.2) is 0 Å². The van der Waals surface area contributed by atoms with Crippen LogP contribution in [0.4, 0.5) is 0 Å². The molecule has 1 fully saturated rings. The smallest absolute Gasteiger partial charge is 0.220 e. The highest BCUT2D eigenvalue weighted by atomic mass is 16.1. The number of carbonyl (C=O) groups is 1. The fourth-order valence-corrected chi connectivity index (χ4v) is 1.27. The van der Waals surface area contributed by atoms with E-state index in [1.165, 1.54) is 0 Å². The number of nitrogens with one attached hydrogen (secondary N) is 1. The van der Waals surface area contributed by atoms with Gasteiger partial charge in [-0.05, 0) is 25.3 Å². The SMILES string of the molecule is NCC[C@H]1CCC(=O)NC1. The lowest BCUT2D eigenvalue weighted by Crippen LogP contribution is -2.35. The van der Waals surface area contributed by atoms with Gasteiger partial charge < -0.3 is 11.1 Å². The third-order valence-corrected chi connectivity index (χ3v) is 1.94. The first kappa shape index (κ1) is 7.54. The highest BCUT2D eigenvalue weighted by Crippen LogP contribution is 2.12. The molecule has 0 spiro atoms. The number of rotatable bonds is 2. The number of hydrogen-bond donors (Lipinski definition) is 2. The van der Waals surface area contributed by atoms with Crippen LogP contribution in [-0.2, 0) is 4.79 Å². The number of carbonyl (C=O) groups excluding carboxylic acids is 1. The maximum atomic E-state index is 10.7. The van der Waals surface area contributed by atoms with Crippen LogP contribution < -0.4 is 11.1 Å². The van der Waals surface area contributed by atoms with E-state index in [1.54, 1.807) is 0 Å². The Morgan fingerprint density at radius 2 is 2.50 bits per heavy atom. The summed E-state index contributed by atoms with van der Waals surface area (Å²) >= 11 is 0. The van der Waals surface area contributed by atoms with Gasteiger partial charge in [0, 0.05) is 13.0 Å². The first-order chi connectivity index (χ1) is 4.83. The Morgan fingerprint density at radius 3 is 3.00 bits per heavy atom. The van der Waals surface area contributed by atoms with Crippen molar-refractivity contribution in [3.63, 3.8) is 0 Å². The number of amides is 1. The van der Waals surface area contributed by atoms with Crippen LogP contribution >= 0.6 is 0 Å². The summed E-state index contributed by atoms with van der Waals surface area (Å²) in [6.45, 7) is 1.57. The molecule has 0 bridgehead atoms. The van der Waals surface area contributed by atoms with Crippen molar-refractivity contribution < 1.29 is 4.79 Å². The van der Waals surface area contributed by atoms with E-state index in [1.807, 2.05) is 0 Å². The lowest BCUT2D eigenvalue weighted by Gasteiger charge is -2.21. The van der Waals surface area contributed by atoms with Crippen LogP contribution in [0, 0.1) is 5.92 Å². The molecule has 1 aliphatic heterocycles. The fourth-order valence-electron chi connectivity index (χ4n) is 1.27. The molecule has 10 heavy (non-hydrogen) atoms. The summed E-state index contributed by atoms with van der Waals surface area (Å²) in [7, 11) is 0. The highest BCUT2D eigenvalue weighted by Gasteiger charge is 2.16. The molecule has 1 heterocycles. The second-order valence-corrected chi connectivity index (χ2v) is 2.79. The standard InChI is InChI=1S/C7H14N2O/c8-4-3-6-1-2-7(10)9-5-6/h6H,1-5,8H2,(H,9,10)/t6-/m1/s1. The van der Waals surface area contributed by atoms with Gasteiger partial charge in [0.05, 0.1) is 0 Å². The fraction of sp³-hybridized carbons (Fsp3) is 0.857. The van der Waals surface area contributed by atoms with Crippen molar-refractivity contribution in [2.45, 2.75) is 19.3 Å². The zero-order chi connectivity index (χ0) is 7.40. The van der Waals surface area contributed by atoms with Gasteiger partial charge in [0.2, 0.25) is 5.91 Å². The van der Waals surface area contributed by atoms with E-state index < -0.39 is 0 Å². The molecule has 0 unspecified atom stereocenters. The number of piperidine rings is 1. The molecule has 3 nitrogen and oxygen atoms in total. The van der Waals surface area contributed by atoms with Crippen molar-refractivity contribution in [2.24, 2.45) is 11.7 Å². The normalized spacial score (nSPS) is 26.1. The van der Waals surface area contributed by atoms with Crippen molar-refractivity contribution >= 4 is 5.91 Å². The molecule has 3 N–H and O–H groups in total. The van der Waals surface area contributed by atoms with Gasteiger partial charge in [-0.3, -0.25) is 4.79 Å². The Bertz CT molecular complexity index is 115. The number of nitrogens with two attached hydrogens (primary N) is 1. The molecule has 1 saturated heterocycles. The lowest BCUT2D eigenvalue weighted by atomic mass is 9.96. The van der Waals surface area contributed by atoms with Gasteiger partial charge in [-0.25, -0.2) is 0 Å². The van der Waals surface area contributed by atoms with Crippen LogP contribution in [0.5, 0.6) is 0 Å². The van der Waals surface area contributed by atoms with Crippen LogP contribution in [0.2, 0.25) is 0 Å². The maximum Gasteiger partial charge on any atom is 0.220 e. The minimum Gasteiger partial charge on any atom is -0.356 e. The summed E-state index contributed by atoms with van der Waals surface area (Å²) in [4.78, 5) is 10.7. The Kier molecular flexibility index (Phi) is 2.68. The van der Waals surface area contributed by atoms with E-state index in [0.717, 1.165) is 25.9 Å². The zero-order valence-corrected chi connectivity index (χ0v) is 6.10. The number of hydrogen-bond acceptors (Lipinski definition) is 2. The molecule has 0 aliphatic carbocycles. The van der Waals surface area contributed by atoms with Gasteiger partial charge >= 0.3 is 0 Å². The minimum absolute atomic E-state index is 0.188. The predicted octanol–water partition coefficient (Wildman–Crippen LogP) is -0.139. The molecule has 1 amide bonds. The molecular formula is C7H14N2O. The molecule has 0 aromatic carbocycles. The van der Waals surface area contributed by atoms with Crippen LogP contribution in [0.1, 0.15) is 19.3 Å². The highest BCUT2D eigenvalue weighted by molar-refractivity contribution is 5.76. The molecule has 0 saturated carbocycles. The Labute approximate surface area is 61.0 Å². The van der Waals surface area contributed by atoms with Crippen molar-refractivity contribution in [2.75, 3.05) is 13.1 Å². The minimum atomic E-state index is 0.188. The van der Waals surface area contributed by atoms with Crippen LogP contribution in [-0.4, -0.2) is 19.0 Å². The van der Waals surface area contributed by atoms with Gasteiger partial charge in [-0.15, -0.1) is 0 Å². The summed E-state index contributed by atoms with van der Waals surface area (Å²) < 4.78 is 0. The Morgan fingerprint density at radius 1 is 1.70 bits per heavy atom. The van der Waals surface area contributed by atoms with Crippen molar-refractivity contribution in [1.29, 1.82) is 0 Å². The molecular weight excluding hydrogens is 128 g/mol. The Balaban J connectivity index is 2.19. The molecule has 1 aliphatic rings. The average molecular weight is 142 g/mol. The first-order valence-corrected chi connectivity index (χ1v) is 3.79. The topological polar surface area (TPSA) is 55.1 Å². The van der Waals surface area contributed by atoms with Gasteiger partial charge in [0.25, 0.3) is 0 Å². The molecule has 1 rings (SSSR count). The van der Waals surface area contributed by atoms with E-state index in [-0.39, 0.29) is 5.91 Å². The van der Waals surface area contributed by atoms with E-state index in [0.29, 0.717) is 12.3 Å². The van der Waals surface area contributed by atoms with E-state index in [9.17, 15) is 4.79 Å². The second kappa shape index (κ2) is 3.56. The molecule has 1 atom stereocenters. The molecule has 58 valence electrons. The van der Waals surface area contributed by atoms with Gasteiger partial charge in [-0.2, -0.15) is 0 Å².